The van der Waals surface area contributed by atoms with E-state index in [4.69, 9.17) is 0 Å². The maximum Gasteiger partial charge on any atom is 0.181 e. The van der Waals surface area contributed by atoms with Crippen molar-refractivity contribution >= 4 is 28.7 Å². The molecule has 3 rings (SSSR count). The minimum absolute atomic E-state index is 0.654. The third kappa shape index (κ3) is 2.42. The number of aromatic nitrogens is 6. The van der Waals surface area contributed by atoms with Gasteiger partial charge in [0.25, 0.3) is 0 Å². The SMILES string of the molecule is CCc1nc(NC)cc(Sc2ncnc3nc[nH]c23)n1. The van der Waals surface area contributed by atoms with E-state index in [1.165, 1.54) is 18.1 Å². The van der Waals surface area contributed by atoms with E-state index in [1.807, 2.05) is 20.0 Å². The first-order valence-electron chi connectivity index (χ1n) is 6.17. The highest BCUT2D eigenvalue weighted by molar-refractivity contribution is 7.99. The van der Waals surface area contributed by atoms with Gasteiger partial charge in [0.2, 0.25) is 0 Å². The van der Waals surface area contributed by atoms with Gasteiger partial charge in [-0.05, 0) is 11.8 Å². The lowest BCUT2D eigenvalue weighted by Crippen LogP contribution is -2.00. The summed E-state index contributed by atoms with van der Waals surface area (Å²) in [5.74, 6) is 1.60. The standard InChI is InChI=1S/C12H13N7S/c1-3-7-18-8(13-2)4-9(19-7)20-12-10-11(15-5-14-10)16-6-17-12/h4-6H,3H2,1-2H3,(H,13,18,19)(H,14,15,16,17). The van der Waals surface area contributed by atoms with Gasteiger partial charge in [-0.25, -0.2) is 24.9 Å². The zero-order chi connectivity index (χ0) is 13.9. The summed E-state index contributed by atoms with van der Waals surface area (Å²) in [4.78, 5) is 24.4. The highest BCUT2D eigenvalue weighted by Crippen LogP contribution is 2.29. The summed E-state index contributed by atoms with van der Waals surface area (Å²) < 4.78 is 0. The van der Waals surface area contributed by atoms with Crippen molar-refractivity contribution in [3.05, 3.63) is 24.5 Å². The van der Waals surface area contributed by atoms with E-state index in [1.54, 1.807) is 6.33 Å². The number of fused-ring (bicyclic) bond motifs is 1. The second kappa shape index (κ2) is 5.41. The number of nitrogens with one attached hydrogen (secondary N) is 2. The second-order valence-corrected chi connectivity index (χ2v) is 5.00. The molecule has 0 radical (unpaired) electrons. The minimum atomic E-state index is 0.654. The quantitative estimate of drug-likeness (QED) is 0.708. The Morgan fingerprint density at radius 1 is 1.25 bits per heavy atom. The number of rotatable bonds is 4. The summed E-state index contributed by atoms with van der Waals surface area (Å²) in [6.07, 6.45) is 3.90. The number of nitrogens with zero attached hydrogens (tertiary/aromatic N) is 5. The molecule has 7 nitrogen and oxygen atoms in total. The average Bonchev–Trinajstić information content (AvgIpc) is 2.96. The lowest BCUT2D eigenvalue weighted by atomic mass is 10.4. The molecule has 3 aromatic rings. The van der Waals surface area contributed by atoms with Gasteiger partial charge in [-0.3, -0.25) is 0 Å². The van der Waals surface area contributed by atoms with Crippen LogP contribution in [0.2, 0.25) is 0 Å². The van der Waals surface area contributed by atoms with Crippen molar-refractivity contribution in [2.45, 2.75) is 23.4 Å². The smallest absolute Gasteiger partial charge is 0.181 e. The Hall–Kier alpha value is -2.22. The van der Waals surface area contributed by atoms with E-state index in [0.717, 1.165) is 33.6 Å². The molecule has 0 bridgehead atoms. The average molecular weight is 287 g/mol. The lowest BCUT2D eigenvalue weighted by Gasteiger charge is -2.06. The summed E-state index contributed by atoms with van der Waals surface area (Å²) in [6, 6.07) is 1.90. The zero-order valence-electron chi connectivity index (χ0n) is 11.1. The van der Waals surface area contributed by atoms with Crippen LogP contribution in [-0.4, -0.2) is 37.0 Å². The van der Waals surface area contributed by atoms with E-state index in [2.05, 4.69) is 35.2 Å². The summed E-state index contributed by atoms with van der Waals surface area (Å²) in [7, 11) is 1.84. The molecule has 0 spiro atoms. The summed E-state index contributed by atoms with van der Waals surface area (Å²) in [6.45, 7) is 2.03. The third-order valence-corrected chi connectivity index (χ3v) is 3.63. The zero-order valence-corrected chi connectivity index (χ0v) is 11.9. The van der Waals surface area contributed by atoms with E-state index >= 15 is 0 Å². The van der Waals surface area contributed by atoms with Crippen LogP contribution in [0.1, 0.15) is 12.7 Å². The van der Waals surface area contributed by atoms with Crippen LogP contribution < -0.4 is 5.32 Å². The van der Waals surface area contributed by atoms with Gasteiger partial charge < -0.3 is 10.3 Å². The van der Waals surface area contributed by atoms with Crippen molar-refractivity contribution in [3.63, 3.8) is 0 Å². The van der Waals surface area contributed by atoms with Crippen molar-refractivity contribution in [1.29, 1.82) is 0 Å². The molecule has 0 atom stereocenters. The molecule has 102 valence electrons. The Kier molecular flexibility index (Phi) is 3.46. The van der Waals surface area contributed by atoms with E-state index in [9.17, 15) is 0 Å². The highest BCUT2D eigenvalue weighted by Gasteiger charge is 2.10. The lowest BCUT2D eigenvalue weighted by molar-refractivity contribution is 0.890. The number of anilines is 1. The Labute approximate surface area is 119 Å². The Morgan fingerprint density at radius 3 is 2.95 bits per heavy atom. The number of H-pyrrole nitrogens is 1. The fourth-order valence-corrected chi connectivity index (χ4v) is 2.60. The van der Waals surface area contributed by atoms with Gasteiger partial charge in [0.05, 0.1) is 6.33 Å². The molecular formula is C12H13N7S. The molecule has 0 aromatic carbocycles. The van der Waals surface area contributed by atoms with Gasteiger partial charge >= 0.3 is 0 Å². The van der Waals surface area contributed by atoms with E-state index in [0.29, 0.717) is 5.65 Å². The first kappa shape index (κ1) is 12.8. The predicted octanol–water partition coefficient (Wildman–Crippen LogP) is 1.90. The van der Waals surface area contributed by atoms with Gasteiger partial charge in [-0.2, -0.15) is 0 Å². The number of hydrogen-bond acceptors (Lipinski definition) is 7. The van der Waals surface area contributed by atoms with E-state index < -0.39 is 0 Å². The second-order valence-electron chi connectivity index (χ2n) is 3.99. The maximum atomic E-state index is 4.50. The van der Waals surface area contributed by atoms with Gasteiger partial charge in [0.1, 0.15) is 33.5 Å². The van der Waals surface area contributed by atoms with Gasteiger partial charge in [-0.15, -0.1) is 0 Å². The summed E-state index contributed by atoms with van der Waals surface area (Å²) in [5.41, 5.74) is 1.47. The van der Waals surface area contributed by atoms with Crippen molar-refractivity contribution in [2.75, 3.05) is 12.4 Å². The normalized spacial score (nSPS) is 10.9. The molecule has 0 saturated carbocycles. The van der Waals surface area contributed by atoms with Crippen LogP contribution in [0.5, 0.6) is 0 Å². The topological polar surface area (TPSA) is 92.3 Å². The molecule has 0 unspecified atom stereocenters. The first-order valence-corrected chi connectivity index (χ1v) is 6.99. The Bertz CT molecular complexity index is 717. The van der Waals surface area contributed by atoms with Crippen molar-refractivity contribution in [2.24, 2.45) is 0 Å². The van der Waals surface area contributed by atoms with Gasteiger partial charge in [0, 0.05) is 19.5 Å². The first-order chi connectivity index (χ1) is 9.80. The van der Waals surface area contributed by atoms with Gasteiger partial charge in [-0.1, -0.05) is 6.92 Å². The summed E-state index contributed by atoms with van der Waals surface area (Å²) >= 11 is 1.47. The number of aromatic amines is 1. The molecule has 0 amide bonds. The van der Waals surface area contributed by atoms with Gasteiger partial charge in [0.15, 0.2) is 5.65 Å². The van der Waals surface area contributed by atoms with E-state index in [-0.39, 0.29) is 0 Å². The van der Waals surface area contributed by atoms with Crippen LogP contribution in [0.25, 0.3) is 11.2 Å². The van der Waals surface area contributed by atoms with Crippen LogP contribution in [0.15, 0.2) is 28.8 Å². The van der Waals surface area contributed by atoms with Crippen molar-refractivity contribution in [1.82, 2.24) is 29.9 Å². The van der Waals surface area contributed by atoms with Crippen LogP contribution in [0.4, 0.5) is 5.82 Å². The molecule has 3 aromatic heterocycles. The van der Waals surface area contributed by atoms with Crippen molar-refractivity contribution < 1.29 is 0 Å². The van der Waals surface area contributed by atoms with Crippen LogP contribution in [-0.2, 0) is 6.42 Å². The predicted molar refractivity (Wildman–Crippen MR) is 76.8 cm³/mol. The molecule has 3 heterocycles. The summed E-state index contributed by atoms with van der Waals surface area (Å²) in [5, 5.41) is 4.69. The minimum Gasteiger partial charge on any atom is -0.373 e. The molecule has 20 heavy (non-hydrogen) atoms. The molecule has 0 saturated heterocycles. The fourth-order valence-electron chi connectivity index (χ4n) is 1.73. The third-order valence-electron chi connectivity index (χ3n) is 2.71. The maximum absolute atomic E-state index is 4.50. The largest absolute Gasteiger partial charge is 0.373 e. The highest BCUT2D eigenvalue weighted by atomic mass is 32.2. The number of hydrogen-bond donors (Lipinski definition) is 2. The number of imidazole rings is 1. The molecule has 0 aliphatic heterocycles. The Morgan fingerprint density at radius 2 is 2.15 bits per heavy atom. The fraction of sp³-hybridized carbons (Fsp3) is 0.250. The molecule has 0 aliphatic rings. The van der Waals surface area contributed by atoms with Crippen LogP contribution in [0.3, 0.4) is 0 Å². The Balaban J connectivity index is 2.00. The molecular weight excluding hydrogens is 274 g/mol. The van der Waals surface area contributed by atoms with Crippen LogP contribution >= 0.6 is 11.8 Å². The van der Waals surface area contributed by atoms with Crippen LogP contribution in [0, 0.1) is 0 Å². The monoisotopic (exact) mass is 287 g/mol. The molecule has 0 fully saturated rings. The number of aryl methyl sites for hydroxylation is 1. The van der Waals surface area contributed by atoms with Crippen molar-refractivity contribution in [3.8, 4) is 0 Å². The molecule has 2 N–H and O–H groups in total. The molecule has 0 aliphatic carbocycles. The molecule has 8 heteroatoms.